The first kappa shape index (κ1) is 22.7. The molecule has 1 rings (SSSR count). The van der Waals surface area contributed by atoms with Gasteiger partial charge in [-0.15, -0.1) is 0 Å². The van der Waals surface area contributed by atoms with Gasteiger partial charge >= 0.3 is 0 Å². The minimum Gasteiger partial charge on any atom is -0.393 e. The van der Waals surface area contributed by atoms with E-state index in [1.165, 1.54) is 32.1 Å². The van der Waals surface area contributed by atoms with Gasteiger partial charge in [0, 0.05) is 0 Å². The maximum atomic E-state index is 10.3. The standard InChI is InChI=1S/C22H42O3/c1-3-5-6-8-12-15-19-20(22(25)17-21(19)24)16-13-10-7-9-11-14-18(23)4-2/h8,12,18-25H,3-7,9-11,13-17H2,1-2H3/b12-8-/t18?,19?,20?,21-,22+/m1/s1. The summed E-state index contributed by atoms with van der Waals surface area (Å²) in [5.74, 6) is 0.486. The fourth-order valence-electron chi connectivity index (χ4n) is 4.09. The molecule has 0 spiro atoms. The largest absolute Gasteiger partial charge is 0.393 e. The van der Waals surface area contributed by atoms with Gasteiger partial charge in [0.2, 0.25) is 0 Å². The molecule has 5 atom stereocenters. The van der Waals surface area contributed by atoms with Crippen molar-refractivity contribution in [2.75, 3.05) is 0 Å². The summed E-state index contributed by atoms with van der Waals surface area (Å²) in [6, 6.07) is 0. The molecule has 0 aromatic carbocycles. The van der Waals surface area contributed by atoms with Gasteiger partial charge in [0.15, 0.2) is 0 Å². The maximum absolute atomic E-state index is 10.3. The summed E-state index contributed by atoms with van der Waals surface area (Å²) < 4.78 is 0. The van der Waals surface area contributed by atoms with Crippen LogP contribution in [0.15, 0.2) is 12.2 Å². The van der Waals surface area contributed by atoms with Crippen molar-refractivity contribution < 1.29 is 15.3 Å². The van der Waals surface area contributed by atoms with Crippen LogP contribution in [0.3, 0.4) is 0 Å². The third-order valence-electron chi connectivity index (χ3n) is 5.87. The Morgan fingerprint density at radius 2 is 1.56 bits per heavy atom. The molecular formula is C22H42O3. The summed E-state index contributed by atoms with van der Waals surface area (Å²) in [6.07, 6.45) is 17.4. The molecule has 1 aliphatic rings. The van der Waals surface area contributed by atoms with Gasteiger partial charge in [-0.3, -0.25) is 0 Å². The molecule has 0 aromatic heterocycles. The molecule has 0 saturated heterocycles. The number of allylic oxidation sites excluding steroid dienone is 2. The second-order valence-corrected chi connectivity index (χ2v) is 7.95. The van der Waals surface area contributed by atoms with Crippen LogP contribution in [0.1, 0.15) is 97.3 Å². The van der Waals surface area contributed by atoms with Crippen LogP contribution in [-0.2, 0) is 0 Å². The lowest BCUT2D eigenvalue weighted by Gasteiger charge is -2.22. The van der Waals surface area contributed by atoms with E-state index in [4.69, 9.17) is 0 Å². The lowest BCUT2D eigenvalue weighted by atomic mass is 9.86. The molecule has 3 nitrogen and oxygen atoms in total. The molecule has 0 radical (unpaired) electrons. The smallest absolute Gasteiger partial charge is 0.0599 e. The molecular weight excluding hydrogens is 312 g/mol. The highest BCUT2D eigenvalue weighted by atomic mass is 16.3. The molecule has 0 amide bonds. The van der Waals surface area contributed by atoms with E-state index >= 15 is 0 Å². The Bertz CT molecular complexity index is 342. The highest BCUT2D eigenvalue weighted by Gasteiger charge is 2.40. The molecule has 3 N–H and O–H groups in total. The van der Waals surface area contributed by atoms with E-state index in [2.05, 4.69) is 19.1 Å². The van der Waals surface area contributed by atoms with Crippen LogP contribution in [0.2, 0.25) is 0 Å². The van der Waals surface area contributed by atoms with E-state index in [0.717, 1.165) is 44.9 Å². The zero-order valence-corrected chi connectivity index (χ0v) is 16.6. The molecule has 0 heterocycles. The predicted octanol–water partition coefficient (Wildman–Crippen LogP) is 4.98. The highest BCUT2D eigenvalue weighted by molar-refractivity contribution is 4.96. The number of rotatable bonds is 14. The second kappa shape index (κ2) is 13.8. The van der Waals surface area contributed by atoms with Crippen LogP contribution in [0.25, 0.3) is 0 Å². The fourth-order valence-corrected chi connectivity index (χ4v) is 4.09. The molecule has 0 aliphatic heterocycles. The van der Waals surface area contributed by atoms with E-state index in [0.29, 0.717) is 6.42 Å². The maximum Gasteiger partial charge on any atom is 0.0599 e. The fraction of sp³-hybridized carbons (Fsp3) is 0.909. The Morgan fingerprint density at radius 3 is 2.28 bits per heavy atom. The Labute approximate surface area is 155 Å². The van der Waals surface area contributed by atoms with Gasteiger partial charge in [0.25, 0.3) is 0 Å². The Kier molecular flexibility index (Phi) is 12.5. The van der Waals surface area contributed by atoms with E-state index in [1.807, 2.05) is 6.92 Å². The van der Waals surface area contributed by atoms with Gasteiger partial charge in [0.05, 0.1) is 18.3 Å². The van der Waals surface area contributed by atoms with Gasteiger partial charge in [0.1, 0.15) is 0 Å². The van der Waals surface area contributed by atoms with E-state index in [1.54, 1.807) is 0 Å². The first-order valence-corrected chi connectivity index (χ1v) is 10.8. The van der Waals surface area contributed by atoms with Crippen molar-refractivity contribution in [2.24, 2.45) is 11.8 Å². The van der Waals surface area contributed by atoms with Gasteiger partial charge < -0.3 is 15.3 Å². The zero-order valence-electron chi connectivity index (χ0n) is 16.6. The van der Waals surface area contributed by atoms with E-state index < -0.39 is 0 Å². The summed E-state index contributed by atoms with van der Waals surface area (Å²) in [6.45, 7) is 4.23. The van der Waals surface area contributed by atoms with Crippen molar-refractivity contribution in [3.05, 3.63) is 12.2 Å². The number of aliphatic hydroxyl groups excluding tert-OH is 3. The lowest BCUT2D eigenvalue weighted by Crippen LogP contribution is -2.21. The van der Waals surface area contributed by atoms with Crippen molar-refractivity contribution >= 4 is 0 Å². The molecule has 148 valence electrons. The third-order valence-corrected chi connectivity index (χ3v) is 5.87. The first-order chi connectivity index (χ1) is 12.1. The first-order valence-electron chi connectivity index (χ1n) is 10.8. The number of unbranched alkanes of at least 4 members (excludes halogenated alkanes) is 6. The topological polar surface area (TPSA) is 60.7 Å². The number of aliphatic hydroxyl groups is 3. The van der Waals surface area contributed by atoms with Crippen molar-refractivity contribution in [1.82, 2.24) is 0 Å². The lowest BCUT2D eigenvalue weighted by molar-refractivity contribution is 0.108. The summed E-state index contributed by atoms with van der Waals surface area (Å²) in [5.41, 5.74) is 0. The quantitative estimate of drug-likeness (QED) is 0.304. The molecule has 1 fully saturated rings. The SMILES string of the molecule is CCCC/C=C\CC1C(CCCCCCCC(O)CC)[C@@H](O)C[C@H]1O. The molecule has 3 heteroatoms. The number of hydrogen-bond acceptors (Lipinski definition) is 3. The van der Waals surface area contributed by atoms with Crippen LogP contribution in [0, 0.1) is 11.8 Å². The molecule has 0 aromatic rings. The van der Waals surface area contributed by atoms with Gasteiger partial charge in [-0.1, -0.05) is 70.9 Å². The number of hydrogen-bond donors (Lipinski definition) is 3. The Morgan fingerprint density at radius 1 is 0.880 bits per heavy atom. The van der Waals surface area contributed by atoms with E-state index in [-0.39, 0.29) is 30.1 Å². The van der Waals surface area contributed by atoms with Gasteiger partial charge in [-0.2, -0.15) is 0 Å². The molecule has 1 aliphatic carbocycles. The third kappa shape index (κ3) is 9.21. The van der Waals surface area contributed by atoms with Crippen LogP contribution < -0.4 is 0 Å². The Hall–Kier alpha value is -0.380. The minimum atomic E-state index is -0.341. The average Bonchev–Trinajstić information content (AvgIpc) is 2.87. The van der Waals surface area contributed by atoms with Gasteiger partial charge in [-0.05, 0) is 50.4 Å². The average molecular weight is 355 g/mol. The van der Waals surface area contributed by atoms with Crippen LogP contribution in [-0.4, -0.2) is 33.6 Å². The van der Waals surface area contributed by atoms with Gasteiger partial charge in [-0.25, -0.2) is 0 Å². The van der Waals surface area contributed by atoms with Crippen LogP contribution >= 0.6 is 0 Å². The molecule has 1 saturated carbocycles. The van der Waals surface area contributed by atoms with Crippen molar-refractivity contribution in [3.63, 3.8) is 0 Å². The van der Waals surface area contributed by atoms with Crippen molar-refractivity contribution in [3.8, 4) is 0 Å². The zero-order chi connectivity index (χ0) is 18.5. The predicted molar refractivity (Wildman–Crippen MR) is 106 cm³/mol. The van der Waals surface area contributed by atoms with Crippen LogP contribution in [0.5, 0.6) is 0 Å². The highest BCUT2D eigenvalue weighted by Crippen LogP contribution is 2.38. The normalized spacial score (nSPS) is 28.0. The van der Waals surface area contributed by atoms with Crippen LogP contribution in [0.4, 0.5) is 0 Å². The molecule has 25 heavy (non-hydrogen) atoms. The minimum absolute atomic E-state index is 0.124. The molecule has 3 unspecified atom stereocenters. The van der Waals surface area contributed by atoms with Crippen molar-refractivity contribution in [1.29, 1.82) is 0 Å². The second-order valence-electron chi connectivity index (χ2n) is 7.95. The summed E-state index contributed by atoms with van der Waals surface area (Å²) in [5, 5.41) is 30.1. The van der Waals surface area contributed by atoms with Crippen molar-refractivity contribution in [2.45, 2.75) is 116 Å². The van der Waals surface area contributed by atoms with E-state index in [9.17, 15) is 15.3 Å². The summed E-state index contributed by atoms with van der Waals surface area (Å²) in [4.78, 5) is 0. The summed E-state index contributed by atoms with van der Waals surface area (Å²) >= 11 is 0. The molecule has 0 bridgehead atoms. The summed E-state index contributed by atoms with van der Waals surface area (Å²) in [7, 11) is 0. The Balaban J connectivity index is 2.21. The monoisotopic (exact) mass is 354 g/mol.